The fourth-order valence-electron chi connectivity index (χ4n) is 1.67. The number of thiophene rings is 1. The van der Waals surface area contributed by atoms with Crippen LogP contribution in [0.4, 0.5) is 0 Å². The minimum atomic E-state index is -0.871. The van der Waals surface area contributed by atoms with Crippen LogP contribution in [0.3, 0.4) is 0 Å². The van der Waals surface area contributed by atoms with Crippen molar-refractivity contribution in [1.29, 1.82) is 0 Å². The van der Waals surface area contributed by atoms with Crippen LogP contribution in [0.15, 0.2) is 6.07 Å². The second-order valence-electron chi connectivity index (χ2n) is 4.51. The highest BCUT2D eigenvalue weighted by atomic mass is 32.1. The molecule has 0 saturated heterocycles. The number of hydrogen-bond donors (Lipinski definition) is 1. The van der Waals surface area contributed by atoms with Crippen LogP contribution < -0.4 is 5.32 Å². The number of rotatable bonds is 6. The number of ether oxygens (including phenoxy) is 2. The van der Waals surface area contributed by atoms with Crippen molar-refractivity contribution in [2.24, 2.45) is 0 Å². The van der Waals surface area contributed by atoms with Gasteiger partial charge in [0, 0.05) is 11.3 Å². The van der Waals surface area contributed by atoms with Crippen molar-refractivity contribution in [3.05, 3.63) is 21.4 Å². The van der Waals surface area contributed by atoms with Crippen LogP contribution >= 0.6 is 11.3 Å². The monoisotopic (exact) mass is 313 g/mol. The van der Waals surface area contributed by atoms with Gasteiger partial charge in [-0.1, -0.05) is 0 Å². The second-order valence-corrected chi connectivity index (χ2v) is 5.77. The van der Waals surface area contributed by atoms with E-state index in [1.54, 1.807) is 6.07 Å². The van der Waals surface area contributed by atoms with Crippen molar-refractivity contribution < 1.29 is 23.9 Å². The molecule has 0 fully saturated rings. The molecule has 1 aromatic heterocycles. The van der Waals surface area contributed by atoms with Gasteiger partial charge in [-0.2, -0.15) is 0 Å². The lowest BCUT2D eigenvalue weighted by molar-refractivity contribution is -0.144. The van der Waals surface area contributed by atoms with Gasteiger partial charge >= 0.3 is 11.9 Å². The molecule has 0 unspecified atom stereocenters. The quantitative estimate of drug-likeness (QED) is 0.807. The molecular formula is C14H19NO5S. The molecular weight excluding hydrogens is 294 g/mol. The second kappa shape index (κ2) is 7.78. The third-order valence-corrected chi connectivity index (χ3v) is 4.20. The molecule has 21 heavy (non-hydrogen) atoms. The van der Waals surface area contributed by atoms with Gasteiger partial charge in [-0.3, -0.25) is 9.59 Å². The minimum absolute atomic E-state index is 0.0268. The van der Waals surface area contributed by atoms with E-state index in [2.05, 4.69) is 14.8 Å². The van der Waals surface area contributed by atoms with Gasteiger partial charge in [0.05, 0.1) is 19.1 Å². The predicted molar refractivity (Wildman–Crippen MR) is 78.3 cm³/mol. The molecule has 0 aromatic carbocycles. The number of carbonyl (C=O) groups is 3. The summed E-state index contributed by atoms with van der Waals surface area (Å²) in [4.78, 5) is 36.5. The lowest BCUT2D eigenvalue weighted by Gasteiger charge is -2.15. The SMILES string of the molecule is COC(=O)CC[C@H](NC(=O)c1cc(C)c(C)s1)C(=O)OC. The third-order valence-electron chi connectivity index (χ3n) is 3.05. The molecule has 6 nitrogen and oxygen atoms in total. The predicted octanol–water partition coefficient (Wildman–Crippen LogP) is 1.59. The molecule has 1 aromatic rings. The zero-order valence-electron chi connectivity index (χ0n) is 12.5. The van der Waals surface area contributed by atoms with Crippen molar-refractivity contribution in [1.82, 2.24) is 5.32 Å². The number of carbonyl (C=O) groups excluding carboxylic acids is 3. The Bertz CT molecular complexity index is 518. The first-order chi connectivity index (χ1) is 9.88. The summed E-state index contributed by atoms with van der Waals surface area (Å²) in [6, 6.07) is 0.897. The maximum atomic E-state index is 12.1. The Morgan fingerprint density at radius 3 is 2.38 bits per heavy atom. The maximum absolute atomic E-state index is 12.1. The third kappa shape index (κ3) is 4.86. The van der Waals surface area contributed by atoms with E-state index in [9.17, 15) is 14.4 Å². The summed E-state index contributed by atoms with van der Waals surface area (Å²) in [6.45, 7) is 3.84. The van der Waals surface area contributed by atoms with Gasteiger partial charge in [-0.05, 0) is 31.9 Å². The molecule has 7 heteroatoms. The van der Waals surface area contributed by atoms with Gasteiger partial charge in [0.2, 0.25) is 0 Å². The molecule has 1 N–H and O–H groups in total. The van der Waals surface area contributed by atoms with Crippen LogP contribution in [0.1, 0.15) is 33.0 Å². The molecule has 1 amide bonds. The van der Waals surface area contributed by atoms with Crippen LogP contribution in [-0.4, -0.2) is 38.1 Å². The van der Waals surface area contributed by atoms with Gasteiger partial charge in [0.25, 0.3) is 5.91 Å². The van der Waals surface area contributed by atoms with Crippen LogP contribution in [0.2, 0.25) is 0 Å². The molecule has 1 rings (SSSR count). The fraction of sp³-hybridized carbons (Fsp3) is 0.500. The van der Waals surface area contributed by atoms with Gasteiger partial charge in [0.15, 0.2) is 0 Å². The van der Waals surface area contributed by atoms with Gasteiger partial charge in [-0.25, -0.2) is 4.79 Å². The Balaban J connectivity index is 2.73. The summed E-state index contributed by atoms with van der Waals surface area (Å²) in [5, 5.41) is 2.59. The molecule has 0 aliphatic carbocycles. The van der Waals surface area contributed by atoms with Crippen molar-refractivity contribution in [3.63, 3.8) is 0 Å². The highest BCUT2D eigenvalue weighted by Crippen LogP contribution is 2.20. The number of esters is 2. The Morgan fingerprint density at radius 1 is 1.24 bits per heavy atom. The van der Waals surface area contributed by atoms with E-state index < -0.39 is 18.0 Å². The van der Waals surface area contributed by atoms with Gasteiger partial charge < -0.3 is 14.8 Å². The molecule has 0 bridgehead atoms. The number of aryl methyl sites for hydroxylation is 2. The largest absolute Gasteiger partial charge is 0.469 e. The standard InChI is InChI=1S/C14H19NO5S/c1-8-7-11(21-9(8)2)13(17)15-10(14(18)20-4)5-6-12(16)19-3/h7,10H,5-6H2,1-4H3,(H,15,17)/t10-/m0/s1. The number of amides is 1. The molecule has 0 aliphatic heterocycles. The number of nitrogens with one attached hydrogen (secondary N) is 1. The van der Waals surface area contributed by atoms with Crippen molar-refractivity contribution in [2.45, 2.75) is 32.7 Å². The van der Waals surface area contributed by atoms with E-state index in [1.165, 1.54) is 25.6 Å². The summed E-state index contributed by atoms with van der Waals surface area (Å²) >= 11 is 1.36. The summed E-state index contributed by atoms with van der Waals surface area (Å²) < 4.78 is 9.16. The average Bonchev–Trinajstić information content (AvgIpc) is 2.81. The summed E-state index contributed by atoms with van der Waals surface area (Å²) in [5.74, 6) is -1.38. The lowest BCUT2D eigenvalue weighted by Crippen LogP contribution is -2.41. The first-order valence-corrected chi connectivity index (χ1v) is 7.23. The highest BCUT2D eigenvalue weighted by Gasteiger charge is 2.24. The normalized spacial score (nSPS) is 11.6. The first-order valence-electron chi connectivity index (χ1n) is 6.41. The Labute approximate surface area is 127 Å². The smallest absolute Gasteiger partial charge is 0.328 e. The fourth-order valence-corrected chi connectivity index (χ4v) is 2.61. The van der Waals surface area contributed by atoms with Gasteiger partial charge in [-0.15, -0.1) is 11.3 Å². The number of hydrogen-bond acceptors (Lipinski definition) is 6. The zero-order valence-corrected chi connectivity index (χ0v) is 13.3. The zero-order chi connectivity index (χ0) is 16.0. The number of methoxy groups -OCH3 is 2. The molecule has 1 heterocycles. The maximum Gasteiger partial charge on any atom is 0.328 e. The van der Waals surface area contributed by atoms with E-state index in [4.69, 9.17) is 0 Å². The molecule has 0 aliphatic rings. The summed E-state index contributed by atoms with van der Waals surface area (Å²) in [7, 11) is 2.50. The van der Waals surface area contributed by atoms with Crippen molar-refractivity contribution >= 4 is 29.2 Å². The topological polar surface area (TPSA) is 81.7 Å². The van der Waals surface area contributed by atoms with Crippen molar-refractivity contribution in [3.8, 4) is 0 Å². The van der Waals surface area contributed by atoms with E-state index in [-0.39, 0.29) is 18.7 Å². The lowest BCUT2D eigenvalue weighted by atomic mass is 10.1. The summed E-state index contributed by atoms with van der Waals surface area (Å²) in [5.41, 5.74) is 1.02. The van der Waals surface area contributed by atoms with Crippen LogP contribution in [0, 0.1) is 13.8 Å². The summed E-state index contributed by atoms with van der Waals surface area (Å²) in [6.07, 6.45) is 0.160. The van der Waals surface area contributed by atoms with E-state index >= 15 is 0 Å². The Kier molecular flexibility index (Phi) is 6.36. The van der Waals surface area contributed by atoms with Crippen LogP contribution in [0.25, 0.3) is 0 Å². The molecule has 116 valence electrons. The van der Waals surface area contributed by atoms with E-state index in [1.807, 2.05) is 13.8 Å². The minimum Gasteiger partial charge on any atom is -0.469 e. The molecule has 1 atom stereocenters. The molecule has 0 spiro atoms. The molecule has 0 saturated carbocycles. The van der Waals surface area contributed by atoms with Gasteiger partial charge in [0.1, 0.15) is 6.04 Å². The Hall–Kier alpha value is -1.89. The van der Waals surface area contributed by atoms with Crippen LogP contribution in [-0.2, 0) is 19.1 Å². The van der Waals surface area contributed by atoms with E-state index in [0.717, 1.165) is 10.4 Å². The first kappa shape index (κ1) is 17.2. The highest BCUT2D eigenvalue weighted by molar-refractivity contribution is 7.14. The van der Waals surface area contributed by atoms with E-state index in [0.29, 0.717) is 4.88 Å². The van der Waals surface area contributed by atoms with Crippen LogP contribution in [0.5, 0.6) is 0 Å². The molecule has 0 radical (unpaired) electrons. The Morgan fingerprint density at radius 2 is 1.90 bits per heavy atom. The average molecular weight is 313 g/mol. The van der Waals surface area contributed by atoms with Crippen molar-refractivity contribution in [2.75, 3.05) is 14.2 Å².